The summed E-state index contributed by atoms with van der Waals surface area (Å²) in [5, 5.41) is 18.5. The van der Waals surface area contributed by atoms with Crippen LogP contribution in [0.25, 0.3) is 0 Å². The van der Waals surface area contributed by atoms with Crippen LogP contribution in [0, 0.1) is 10.8 Å². The van der Waals surface area contributed by atoms with Crippen molar-refractivity contribution in [3.05, 3.63) is 70.8 Å². The summed E-state index contributed by atoms with van der Waals surface area (Å²) in [7, 11) is 0. The van der Waals surface area contributed by atoms with E-state index in [1.54, 1.807) is 0 Å². The van der Waals surface area contributed by atoms with Crippen LogP contribution in [0.15, 0.2) is 48.5 Å². The van der Waals surface area contributed by atoms with Gasteiger partial charge in [-0.15, -0.1) is 0 Å². The second-order valence-corrected chi connectivity index (χ2v) is 9.44. The molecule has 0 saturated heterocycles. The van der Waals surface area contributed by atoms with E-state index in [0.29, 0.717) is 26.4 Å². The first-order valence-corrected chi connectivity index (χ1v) is 10.3. The zero-order chi connectivity index (χ0) is 21.3. The standard InChI is InChI=1S/C25H36O4/c1-24(2,16-26)18-28-14-22-9-5-20(6-10-22)13-21-7-11-23(12-8-21)15-29-19-25(3,4)17-27/h5-12,26-27H,13-19H2,1-4H3. The summed E-state index contributed by atoms with van der Waals surface area (Å²) in [5.74, 6) is 0. The molecule has 0 spiro atoms. The van der Waals surface area contributed by atoms with Crippen LogP contribution in [0.1, 0.15) is 49.9 Å². The Morgan fingerprint density at radius 1 is 0.586 bits per heavy atom. The van der Waals surface area contributed by atoms with Crippen molar-refractivity contribution < 1.29 is 19.7 Å². The minimum Gasteiger partial charge on any atom is -0.396 e. The summed E-state index contributed by atoms with van der Waals surface area (Å²) in [6, 6.07) is 17.0. The number of hydrogen-bond donors (Lipinski definition) is 2. The third kappa shape index (κ3) is 8.67. The van der Waals surface area contributed by atoms with E-state index >= 15 is 0 Å². The third-order valence-corrected chi connectivity index (χ3v) is 4.83. The molecule has 0 amide bonds. The molecule has 29 heavy (non-hydrogen) atoms. The fourth-order valence-electron chi connectivity index (χ4n) is 2.72. The van der Waals surface area contributed by atoms with E-state index in [1.807, 2.05) is 27.7 Å². The van der Waals surface area contributed by atoms with Crippen LogP contribution in [0.4, 0.5) is 0 Å². The number of rotatable bonds is 12. The average molecular weight is 401 g/mol. The predicted octanol–water partition coefficient (Wildman–Crippen LogP) is 4.35. The van der Waals surface area contributed by atoms with Crippen LogP contribution in [0.5, 0.6) is 0 Å². The molecule has 0 fully saturated rings. The van der Waals surface area contributed by atoms with Gasteiger partial charge in [-0.05, 0) is 28.7 Å². The first-order chi connectivity index (χ1) is 13.7. The van der Waals surface area contributed by atoms with E-state index in [-0.39, 0.29) is 24.0 Å². The van der Waals surface area contributed by atoms with Crippen LogP contribution in [0.3, 0.4) is 0 Å². The van der Waals surface area contributed by atoms with Crippen LogP contribution in [0.2, 0.25) is 0 Å². The molecule has 0 aromatic heterocycles. The van der Waals surface area contributed by atoms with Crippen LogP contribution in [-0.2, 0) is 29.1 Å². The Hall–Kier alpha value is -1.72. The van der Waals surface area contributed by atoms with Crippen molar-refractivity contribution in [2.75, 3.05) is 26.4 Å². The van der Waals surface area contributed by atoms with Gasteiger partial charge in [-0.25, -0.2) is 0 Å². The van der Waals surface area contributed by atoms with Gasteiger partial charge >= 0.3 is 0 Å². The van der Waals surface area contributed by atoms with Crippen molar-refractivity contribution in [1.82, 2.24) is 0 Å². The Balaban J connectivity index is 1.79. The Morgan fingerprint density at radius 3 is 1.21 bits per heavy atom. The molecule has 0 heterocycles. The molecule has 0 bridgehead atoms. The largest absolute Gasteiger partial charge is 0.396 e. The molecule has 0 aliphatic heterocycles. The lowest BCUT2D eigenvalue weighted by molar-refractivity contribution is 0.0197. The van der Waals surface area contributed by atoms with Crippen LogP contribution >= 0.6 is 0 Å². The normalized spacial score (nSPS) is 12.3. The van der Waals surface area contributed by atoms with Gasteiger partial charge in [-0.1, -0.05) is 76.2 Å². The quantitative estimate of drug-likeness (QED) is 0.556. The van der Waals surface area contributed by atoms with Gasteiger partial charge in [0.15, 0.2) is 0 Å². The minimum absolute atomic E-state index is 0.123. The summed E-state index contributed by atoms with van der Waals surface area (Å²) in [6.07, 6.45) is 0.886. The molecule has 0 unspecified atom stereocenters. The molecule has 2 N–H and O–H groups in total. The highest BCUT2D eigenvalue weighted by Crippen LogP contribution is 2.17. The second-order valence-electron chi connectivity index (χ2n) is 9.44. The summed E-state index contributed by atoms with van der Waals surface area (Å²) < 4.78 is 11.4. The van der Waals surface area contributed by atoms with E-state index in [2.05, 4.69) is 48.5 Å². The lowest BCUT2D eigenvalue weighted by Crippen LogP contribution is -2.23. The molecule has 0 saturated carbocycles. The Bertz CT molecular complexity index is 654. The molecule has 0 aliphatic rings. The first-order valence-electron chi connectivity index (χ1n) is 10.3. The summed E-state index contributed by atoms with van der Waals surface area (Å²) in [4.78, 5) is 0. The molecule has 2 rings (SSSR count). The average Bonchev–Trinajstić information content (AvgIpc) is 2.70. The highest BCUT2D eigenvalue weighted by atomic mass is 16.5. The van der Waals surface area contributed by atoms with Crippen molar-refractivity contribution >= 4 is 0 Å². The van der Waals surface area contributed by atoms with E-state index < -0.39 is 0 Å². The highest BCUT2D eigenvalue weighted by Gasteiger charge is 2.17. The van der Waals surface area contributed by atoms with Gasteiger partial charge in [0.25, 0.3) is 0 Å². The second kappa shape index (κ2) is 10.9. The van der Waals surface area contributed by atoms with Crippen molar-refractivity contribution in [1.29, 1.82) is 0 Å². The zero-order valence-electron chi connectivity index (χ0n) is 18.3. The maximum atomic E-state index is 9.27. The van der Waals surface area contributed by atoms with Crippen molar-refractivity contribution in [3.63, 3.8) is 0 Å². The van der Waals surface area contributed by atoms with E-state index in [9.17, 15) is 10.2 Å². The fraction of sp³-hybridized carbons (Fsp3) is 0.520. The third-order valence-electron chi connectivity index (χ3n) is 4.83. The van der Waals surface area contributed by atoms with E-state index in [1.165, 1.54) is 11.1 Å². The molecule has 160 valence electrons. The van der Waals surface area contributed by atoms with Crippen molar-refractivity contribution in [2.24, 2.45) is 10.8 Å². The van der Waals surface area contributed by atoms with E-state index in [0.717, 1.165) is 17.5 Å². The molecular formula is C25H36O4. The summed E-state index contributed by atoms with van der Waals surface area (Å²) >= 11 is 0. The zero-order valence-corrected chi connectivity index (χ0v) is 18.3. The molecule has 4 heteroatoms. The van der Waals surface area contributed by atoms with Crippen molar-refractivity contribution in [2.45, 2.75) is 47.3 Å². The van der Waals surface area contributed by atoms with Crippen molar-refractivity contribution in [3.8, 4) is 0 Å². The van der Waals surface area contributed by atoms with Gasteiger partial charge in [0.1, 0.15) is 0 Å². The van der Waals surface area contributed by atoms with Gasteiger partial charge in [0.2, 0.25) is 0 Å². The monoisotopic (exact) mass is 400 g/mol. The molecule has 2 aromatic carbocycles. The van der Waals surface area contributed by atoms with Crippen LogP contribution < -0.4 is 0 Å². The van der Waals surface area contributed by atoms with Crippen LogP contribution in [-0.4, -0.2) is 36.6 Å². The summed E-state index contributed by atoms with van der Waals surface area (Å²) in [6.45, 7) is 10.4. The maximum absolute atomic E-state index is 9.27. The number of hydrogen-bond acceptors (Lipinski definition) is 4. The SMILES string of the molecule is CC(C)(CO)COCc1ccc(Cc2ccc(COCC(C)(C)CO)cc2)cc1. The van der Waals surface area contributed by atoms with E-state index in [4.69, 9.17) is 9.47 Å². The molecule has 2 aromatic rings. The molecule has 4 nitrogen and oxygen atoms in total. The van der Waals surface area contributed by atoms with Gasteiger partial charge in [0.05, 0.1) is 39.6 Å². The molecular weight excluding hydrogens is 364 g/mol. The lowest BCUT2D eigenvalue weighted by atomic mass is 9.96. The van der Waals surface area contributed by atoms with Gasteiger partial charge in [-0.3, -0.25) is 0 Å². The fourth-order valence-corrected chi connectivity index (χ4v) is 2.72. The predicted molar refractivity (Wildman–Crippen MR) is 117 cm³/mol. The lowest BCUT2D eigenvalue weighted by Gasteiger charge is -2.21. The molecule has 0 radical (unpaired) electrons. The van der Waals surface area contributed by atoms with Gasteiger partial charge < -0.3 is 19.7 Å². The number of benzene rings is 2. The molecule has 0 aliphatic carbocycles. The first kappa shape index (κ1) is 23.6. The maximum Gasteiger partial charge on any atom is 0.0717 e. The molecule has 0 atom stereocenters. The topological polar surface area (TPSA) is 58.9 Å². The number of aliphatic hydroxyl groups is 2. The Labute approximate surface area is 175 Å². The summed E-state index contributed by atoms with van der Waals surface area (Å²) in [5.41, 5.74) is 4.40. The Kier molecular flexibility index (Phi) is 8.84. The minimum atomic E-state index is -0.202. The van der Waals surface area contributed by atoms with Gasteiger partial charge in [0, 0.05) is 10.8 Å². The number of ether oxygens (including phenoxy) is 2. The smallest absolute Gasteiger partial charge is 0.0717 e. The Morgan fingerprint density at radius 2 is 0.897 bits per heavy atom. The number of aliphatic hydroxyl groups excluding tert-OH is 2. The highest BCUT2D eigenvalue weighted by molar-refractivity contribution is 5.30. The van der Waals surface area contributed by atoms with Gasteiger partial charge in [-0.2, -0.15) is 0 Å².